The maximum atomic E-state index is 14.0. The first-order valence-corrected chi connectivity index (χ1v) is 11.3. The van der Waals surface area contributed by atoms with Crippen LogP contribution in [0.3, 0.4) is 0 Å². The lowest BCUT2D eigenvalue weighted by Crippen LogP contribution is -2.49. The van der Waals surface area contributed by atoms with Crippen LogP contribution in [0.5, 0.6) is 0 Å². The number of fused-ring (bicyclic) bond motifs is 2. The fraction of sp³-hybridized carbons (Fsp3) is 0.115. The molecule has 0 bridgehead atoms. The van der Waals surface area contributed by atoms with Crippen molar-refractivity contribution in [1.82, 2.24) is 5.32 Å². The summed E-state index contributed by atoms with van der Waals surface area (Å²) < 4.78 is 0. The number of hydrogen-bond donors (Lipinski definition) is 2. The quantitative estimate of drug-likeness (QED) is 0.549. The van der Waals surface area contributed by atoms with Crippen LogP contribution >= 0.6 is 23.2 Å². The number of Topliss-reactive ketones (excluding diaryl/α,β-unsaturated/α-hetero) is 1. The number of nitrogens with one attached hydrogen (secondary N) is 1. The van der Waals surface area contributed by atoms with Gasteiger partial charge in [0, 0.05) is 27.7 Å². The normalized spacial score (nSPS) is 19.2. The Morgan fingerprint density at radius 1 is 0.971 bits per heavy atom. The van der Waals surface area contributed by atoms with Gasteiger partial charge in [-0.05, 0) is 47.0 Å². The van der Waals surface area contributed by atoms with Crippen LogP contribution in [-0.4, -0.2) is 29.3 Å². The van der Waals surface area contributed by atoms with Crippen LogP contribution in [0, 0.1) is 0 Å². The Morgan fingerprint density at radius 3 is 2.41 bits per heavy atom. The predicted molar refractivity (Wildman–Crippen MR) is 130 cm³/mol. The molecule has 1 spiro atoms. The van der Waals surface area contributed by atoms with Crippen molar-refractivity contribution in [2.24, 2.45) is 0 Å². The lowest BCUT2D eigenvalue weighted by molar-refractivity contribution is -0.135. The molecule has 1 heterocycles. The van der Waals surface area contributed by atoms with Crippen LogP contribution in [0.25, 0.3) is 5.57 Å². The van der Waals surface area contributed by atoms with Gasteiger partial charge in [0.15, 0.2) is 11.3 Å². The van der Waals surface area contributed by atoms with Gasteiger partial charge in [0.05, 0.1) is 0 Å². The fourth-order valence-electron chi connectivity index (χ4n) is 4.91. The minimum atomic E-state index is -1.51. The fourth-order valence-corrected chi connectivity index (χ4v) is 5.29. The Labute approximate surface area is 205 Å². The minimum Gasteiger partial charge on any atom is -0.480 e. The highest BCUT2D eigenvalue weighted by Crippen LogP contribution is 2.55. The van der Waals surface area contributed by atoms with Crippen LogP contribution in [0.15, 0.2) is 78.5 Å². The summed E-state index contributed by atoms with van der Waals surface area (Å²) in [6.45, 7) is -0.488. The van der Waals surface area contributed by atoms with Gasteiger partial charge < -0.3 is 10.4 Å². The number of carbonyl (C=O) groups is 3. The van der Waals surface area contributed by atoms with Gasteiger partial charge >= 0.3 is 5.97 Å². The van der Waals surface area contributed by atoms with Gasteiger partial charge in [-0.15, -0.1) is 0 Å². The summed E-state index contributed by atoms with van der Waals surface area (Å²) >= 11 is 12.5. The Kier molecular flexibility index (Phi) is 5.42. The summed E-state index contributed by atoms with van der Waals surface area (Å²) in [5, 5.41) is 13.0. The van der Waals surface area contributed by atoms with Crippen LogP contribution in [0.2, 0.25) is 10.0 Å². The van der Waals surface area contributed by atoms with E-state index in [1.165, 1.54) is 4.90 Å². The van der Waals surface area contributed by atoms with Crippen molar-refractivity contribution in [3.05, 3.63) is 105 Å². The topological polar surface area (TPSA) is 86.7 Å². The molecule has 1 amide bonds. The average molecular weight is 493 g/mol. The summed E-state index contributed by atoms with van der Waals surface area (Å²) in [4.78, 5) is 40.8. The monoisotopic (exact) mass is 492 g/mol. The van der Waals surface area contributed by atoms with Crippen molar-refractivity contribution in [2.75, 3.05) is 11.4 Å². The van der Waals surface area contributed by atoms with E-state index in [0.29, 0.717) is 38.0 Å². The zero-order valence-electron chi connectivity index (χ0n) is 17.7. The third-order valence-electron chi connectivity index (χ3n) is 6.12. The molecule has 1 atom stereocenters. The summed E-state index contributed by atoms with van der Waals surface area (Å²) in [5.41, 5.74) is 1.35. The summed E-state index contributed by atoms with van der Waals surface area (Å²) in [6, 6.07) is 20.9. The van der Waals surface area contributed by atoms with E-state index in [-0.39, 0.29) is 17.9 Å². The lowest BCUT2D eigenvalue weighted by Gasteiger charge is -2.37. The smallest absolute Gasteiger partial charge is 0.322 e. The second-order valence-corrected chi connectivity index (χ2v) is 8.97. The highest BCUT2D eigenvalue weighted by Gasteiger charge is 2.61. The molecule has 1 unspecified atom stereocenters. The van der Waals surface area contributed by atoms with Crippen molar-refractivity contribution in [1.29, 1.82) is 0 Å². The molecule has 0 fully saturated rings. The van der Waals surface area contributed by atoms with Crippen LogP contribution in [-0.2, 0) is 26.3 Å². The van der Waals surface area contributed by atoms with Gasteiger partial charge in [-0.3, -0.25) is 19.3 Å². The van der Waals surface area contributed by atoms with Crippen molar-refractivity contribution in [3.63, 3.8) is 0 Å². The van der Waals surface area contributed by atoms with Crippen LogP contribution in [0.1, 0.15) is 16.7 Å². The molecule has 1 aliphatic carbocycles. The van der Waals surface area contributed by atoms with Gasteiger partial charge in [-0.25, -0.2) is 0 Å². The molecule has 8 heteroatoms. The number of nitrogens with zero attached hydrogens (tertiary/aromatic N) is 1. The molecular weight excluding hydrogens is 475 g/mol. The third-order valence-corrected chi connectivity index (χ3v) is 6.59. The molecule has 0 radical (unpaired) electrons. The Balaban J connectivity index is 1.87. The zero-order valence-corrected chi connectivity index (χ0v) is 19.2. The second-order valence-electron chi connectivity index (χ2n) is 8.10. The van der Waals surface area contributed by atoms with Crippen molar-refractivity contribution < 1.29 is 19.5 Å². The first kappa shape index (κ1) is 22.2. The van der Waals surface area contributed by atoms with E-state index in [1.807, 2.05) is 6.07 Å². The molecular formula is C26H18Cl2N2O4. The number of rotatable bonds is 5. The molecule has 0 aromatic heterocycles. The molecule has 170 valence electrons. The Morgan fingerprint density at radius 2 is 1.71 bits per heavy atom. The third kappa shape index (κ3) is 3.30. The van der Waals surface area contributed by atoms with E-state index in [0.717, 1.165) is 0 Å². The number of ketones is 1. The molecule has 1 aliphatic heterocycles. The van der Waals surface area contributed by atoms with E-state index >= 15 is 0 Å². The molecule has 6 nitrogen and oxygen atoms in total. The molecule has 2 aliphatic rings. The SMILES string of the molecule is O=C(O)CNC1=C(c2ccccc2)C2(C(=O)Cc3cc(Cl)ccc32)N(c2cccc(Cl)c2)C1=O. The van der Waals surface area contributed by atoms with Gasteiger partial charge in [0.25, 0.3) is 5.91 Å². The summed E-state index contributed by atoms with van der Waals surface area (Å²) in [6.07, 6.45) is 0.0722. The summed E-state index contributed by atoms with van der Waals surface area (Å²) in [5.74, 6) is -1.87. The predicted octanol–water partition coefficient (Wildman–Crippen LogP) is 4.45. The number of halogens is 2. The molecule has 3 aromatic rings. The highest BCUT2D eigenvalue weighted by molar-refractivity contribution is 6.32. The number of aliphatic carboxylic acids is 1. The summed E-state index contributed by atoms with van der Waals surface area (Å²) in [7, 11) is 0. The molecule has 34 heavy (non-hydrogen) atoms. The van der Waals surface area contributed by atoms with Gasteiger partial charge in [0.2, 0.25) is 0 Å². The first-order valence-electron chi connectivity index (χ1n) is 10.5. The van der Waals surface area contributed by atoms with E-state index < -0.39 is 24.0 Å². The van der Waals surface area contributed by atoms with Crippen molar-refractivity contribution in [2.45, 2.75) is 12.0 Å². The van der Waals surface area contributed by atoms with Crippen molar-refractivity contribution in [3.8, 4) is 0 Å². The Hall–Kier alpha value is -3.61. The zero-order chi connectivity index (χ0) is 24.0. The number of carboxylic acids is 1. The van der Waals surface area contributed by atoms with Crippen LogP contribution in [0.4, 0.5) is 5.69 Å². The average Bonchev–Trinajstić information content (AvgIpc) is 3.23. The van der Waals surface area contributed by atoms with Gasteiger partial charge in [-0.1, -0.05) is 65.7 Å². The van der Waals surface area contributed by atoms with Gasteiger partial charge in [0.1, 0.15) is 12.2 Å². The van der Waals surface area contributed by atoms with E-state index in [1.54, 1.807) is 66.7 Å². The number of carboxylic acid groups (broad SMARTS) is 1. The first-order chi connectivity index (χ1) is 16.3. The molecule has 0 saturated heterocycles. The lowest BCUT2D eigenvalue weighted by atomic mass is 9.79. The maximum absolute atomic E-state index is 14.0. The Bertz CT molecular complexity index is 1390. The van der Waals surface area contributed by atoms with E-state index in [4.69, 9.17) is 23.2 Å². The number of benzene rings is 3. The molecule has 2 N–H and O–H groups in total. The van der Waals surface area contributed by atoms with E-state index in [2.05, 4.69) is 5.32 Å². The number of hydrogen-bond acceptors (Lipinski definition) is 4. The number of amides is 1. The van der Waals surface area contributed by atoms with Gasteiger partial charge in [-0.2, -0.15) is 0 Å². The van der Waals surface area contributed by atoms with Crippen LogP contribution < -0.4 is 10.2 Å². The maximum Gasteiger partial charge on any atom is 0.322 e. The standard InChI is InChI=1S/C26H18Cl2N2O4/c27-17-7-4-8-19(13-17)30-25(34)24(29-14-22(32)33)23(15-5-2-1-3-6-15)26(30)20-10-9-18(28)11-16(20)12-21(26)31/h1-11,13,29H,12,14H2,(H,32,33). The largest absolute Gasteiger partial charge is 0.480 e. The highest BCUT2D eigenvalue weighted by atomic mass is 35.5. The number of carbonyl (C=O) groups excluding carboxylic acids is 2. The van der Waals surface area contributed by atoms with E-state index in [9.17, 15) is 19.5 Å². The molecule has 5 rings (SSSR count). The number of anilines is 1. The molecule has 0 saturated carbocycles. The second kappa shape index (κ2) is 8.31. The van der Waals surface area contributed by atoms with Crippen molar-refractivity contribution >= 4 is 52.1 Å². The molecule has 3 aromatic carbocycles. The minimum absolute atomic E-state index is 0.0599.